The second-order valence-electron chi connectivity index (χ2n) is 4.33. The third kappa shape index (κ3) is 3.99. The van der Waals surface area contributed by atoms with Crippen molar-refractivity contribution >= 4 is 0 Å². The quantitative estimate of drug-likeness (QED) is 0.881. The second kappa shape index (κ2) is 6.24. The van der Waals surface area contributed by atoms with E-state index in [4.69, 9.17) is 10.5 Å². The van der Waals surface area contributed by atoms with E-state index in [0.29, 0.717) is 31.2 Å². The third-order valence-electron chi connectivity index (χ3n) is 2.64. The standard InChI is InChI=1S/C14H18N4O/c1-10-3-5-12(6-4-10)19-8-7-13-16-11(2)17-14(9-15)18-13/h3-6H,7-9,15H2,1-2H3. The Morgan fingerprint density at radius 1 is 1.00 bits per heavy atom. The van der Waals surface area contributed by atoms with Crippen LogP contribution in [0.5, 0.6) is 5.75 Å². The van der Waals surface area contributed by atoms with Crippen LogP contribution in [0.4, 0.5) is 0 Å². The fraction of sp³-hybridized carbons (Fsp3) is 0.357. The molecule has 5 nitrogen and oxygen atoms in total. The predicted molar refractivity (Wildman–Crippen MR) is 72.8 cm³/mol. The number of rotatable bonds is 5. The molecule has 2 N–H and O–H groups in total. The van der Waals surface area contributed by atoms with Gasteiger partial charge in [-0.2, -0.15) is 0 Å². The summed E-state index contributed by atoms with van der Waals surface area (Å²) in [7, 11) is 0. The lowest BCUT2D eigenvalue weighted by Gasteiger charge is -2.07. The van der Waals surface area contributed by atoms with Gasteiger partial charge in [0.1, 0.15) is 23.2 Å². The van der Waals surface area contributed by atoms with E-state index >= 15 is 0 Å². The van der Waals surface area contributed by atoms with Crippen LogP contribution in [0.25, 0.3) is 0 Å². The number of benzene rings is 1. The largest absolute Gasteiger partial charge is 0.493 e. The molecule has 1 heterocycles. The number of hydrogen-bond donors (Lipinski definition) is 1. The first kappa shape index (κ1) is 13.4. The Labute approximate surface area is 112 Å². The van der Waals surface area contributed by atoms with Crippen molar-refractivity contribution in [2.24, 2.45) is 5.73 Å². The van der Waals surface area contributed by atoms with Crippen molar-refractivity contribution in [3.63, 3.8) is 0 Å². The van der Waals surface area contributed by atoms with Gasteiger partial charge in [-0.05, 0) is 26.0 Å². The molecule has 100 valence electrons. The fourth-order valence-corrected chi connectivity index (χ4v) is 1.70. The first-order valence-corrected chi connectivity index (χ1v) is 6.27. The number of hydrogen-bond acceptors (Lipinski definition) is 5. The molecule has 0 aliphatic rings. The SMILES string of the molecule is Cc1ccc(OCCc2nc(C)nc(CN)n2)cc1. The van der Waals surface area contributed by atoms with Gasteiger partial charge in [-0.25, -0.2) is 15.0 Å². The number of aromatic nitrogens is 3. The van der Waals surface area contributed by atoms with Crippen LogP contribution in [0.2, 0.25) is 0 Å². The summed E-state index contributed by atoms with van der Waals surface area (Å²) in [6, 6.07) is 7.96. The molecule has 0 aliphatic carbocycles. The first-order chi connectivity index (χ1) is 9.17. The van der Waals surface area contributed by atoms with E-state index in [1.165, 1.54) is 5.56 Å². The number of aryl methyl sites for hydroxylation is 2. The van der Waals surface area contributed by atoms with Crippen LogP contribution in [0.3, 0.4) is 0 Å². The van der Waals surface area contributed by atoms with Crippen LogP contribution >= 0.6 is 0 Å². The topological polar surface area (TPSA) is 73.9 Å². The van der Waals surface area contributed by atoms with E-state index in [1.54, 1.807) is 0 Å². The minimum absolute atomic E-state index is 0.329. The number of nitrogens with two attached hydrogens (primary N) is 1. The zero-order valence-electron chi connectivity index (χ0n) is 11.3. The highest BCUT2D eigenvalue weighted by molar-refractivity contribution is 5.26. The highest BCUT2D eigenvalue weighted by Gasteiger charge is 2.03. The average Bonchev–Trinajstić information content (AvgIpc) is 2.40. The van der Waals surface area contributed by atoms with Gasteiger partial charge >= 0.3 is 0 Å². The maximum Gasteiger partial charge on any atom is 0.146 e. The molecule has 2 aromatic rings. The van der Waals surface area contributed by atoms with Crippen LogP contribution in [0.15, 0.2) is 24.3 Å². The molecule has 0 fully saturated rings. The minimum Gasteiger partial charge on any atom is -0.493 e. The van der Waals surface area contributed by atoms with Crippen molar-refractivity contribution in [2.45, 2.75) is 26.8 Å². The van der Waals surface area contributed by atoms with Gasteiger partial charge in [0.2, 0.25) is 0 Å². The van der Waals surface area contributed by atoms with Crippen molar-refractivity contribution in [3.8, 4) is 5.75 Å². The molecule has 0 amide bonds. The maximum atomic E-state index is 5.65. The van der Waals surface area contributed by atoms with E-state index in [0.717, 1.165) is 11.6 Å². The summed E-state index contributed by atoms with van der Waals surface area (Å²) in [6.45, 7) is 4.75. The van der Waals surface area contributed by atoms with Gasteiger partial charge in [0, 0.05) is 6.42 Å². The van der Waals surface area contributed by atoms with Gasteiger partial charge in [0.15, 0.2) is 0 Å². The molecule has 2 rings (SSSR count). The lowest BCUT2D eigenvalue weighted by molar-refractivity contribution is 0.318. The third-order valence-corrected chi connectivity index (χ3v) is 2.64. The van der Waals surface area contributed by atoms with Crippen LogP contribution in [0, 0.1) is 13.8 Å². The molecular formula is C14H18N4O. The maximum absolute atomic E-state index is 5.65. The Morgan fingerprint density at radius 2 is 1.68 bits per heavy atom. The molecule has 0 aliphatic heterocycles. The monoisotopic (exact) mass is 258 g/mol. The molecule has 19 heavy (non-hydrogen) atoms. The molecule has 1 aromatic carbocycles. The Hall–Kier alpha value is -2.01. The van der Waals surface area contributed by atoms with E-state index in [9.17, 15) is 0 Å². The minimum atomic E-state index is 0.329. The van der Waals surface area contributed by atoms with Crippen LogP contribution in [0.1, 0.15) is 23.0 Å². The van der Waals surface area contributed by atoms with E-state index in [-0.39, 0.29) is 0 Å². The van der Waals surface area contributed by atoms with Crippen LogP contribution in [-0.2, 0) is 13.0 Å². The predicted octanol–water partition coefficient (Wildman–Crippen LogP) is 1.57. The molecule has 0 saturated carbocycles. The van der Waals surface area contributed by atoms with Crippen LogP contribution in [-0.4, -0.2) is 21.6 Å². The summed E-state index contributed by atoms with van der Waals surface area (Å²) >= 11 is 0. The highest BCUT2D eigenvalue weighted by atomic mass is 16.5. The van der Waals surface area contributed by atoms with Gasteiger partial charge in [-0.1, -0.05) is 17.7 Å². The summed E-state index contributed by atoms with van der Waals surface area (Å²) in [5.74, 6) is 2.90. The van der Waals surface area contributed by atoms with Gasteiger partial charge < -0.3 is 10.5 Å². The molecule has 0 atom stereocenters. The van der Waals surface area contributed by atoms with Crippen molar-refractivity contribution < 1.29 is 4.74 Å². The van der Waals surface area contributed by atoms with Crippen LogP contribution < -0.4 is 10.5 Å². The number of ether oxygens (including phenoxy) is 1. The van der Waals surface area contributed by atoms with Crippen molar-refractivity contribution in [1.82, 2.24) is 15.0 Å². The Balaban J connectivity index is 1.92. The van der Waals surface area contributed by atoms with Gasteiger partial charge in [-0.15, -0.1) is 0 Å². The second-order valence-corrected chi connectivity index (χ2v) is 4.33. The first-order valence-electron chi connectivity index (χ1n) is 6.27. The van der Waals surface area contributed by atoms with E-state index in [2.05, 4.69) is 15.0 Å². The van der Waals surface area contributed by atoms with Crippen molar-refractivity contribution in [1.29, 1.82) is 0 Å². The molecule has 0 unspecified atom stereocenters. The zero-order valence-corrected chi connectivity index (χ0v) is 11.3. The highest BCUT2D eigenvalue weighted by Crippen LogP contribution is 2.11. The summed E-state index contributed by atoms with van der Waals surface area (Å²) in [5, 5.41) is 0. The van der Waals surface area contributed by atoms with Gasteiger partial charge in [-0.3, -0.25) is 0 Å². The van der Waals surface area contributed by atoms with E-state index < -0.39 is 0 Å². The van der Waals surface area contributed by atoms with Gasteiger partial charge in [0.25, 0.3) is 0 Å². The molecule has 0 spiro atoms. The van der Waals surface area contributed by atoms with Crippen molar-refractivity contribution in [3.05, 3.63) is 47.3 Å². The van der Waals surface area contributed by atoms with Gasteiger partial charge in [0.05, 0.1) is 13.2 Å². The molecule has 0 saturated heterocycles. The molecular weight excluding hydrogens is 240 g/mol. The Kier molecular flexibility index (Phi) is 4.41. The van der Waals surface area contributed by atoms with Crippen molar-refractivity contribution in [2.75, 3.05) is 6.61 Å². The summed E-state index contributed by atoms with van der Waals surface area (Å²) in [5.41, 5.74) is 6.75. The Bertz CT molecular complexity index is 540. The molecule has 0 radical (unpaired) electrons. The summed E-state index contributed by atoms with van der Waals surface area (Å²) in [6.07, 6.45) is 0.643. The smallest absolute Gasteiger partial charge is 0.146 e. The Morgan fingerprint density at radius 3 is 2.37 bits per heavy atom. The zero-order chi connectivity index (χ0) is 13.7. The molecule has 5 heteroatoms. The summed E-state index contributed by atoms with van der Waals surface area (Å²) < 4.78 is 5.65. The number of nitrogens with zero attached hydrogens (tertiary/aromatic N) is 3. The normalized spacial score (nSPS) is 10.5. The van der Waals surface area contributed by atoms with E-state index in [1.807, 2.05) is 38.1 Å². The average molecular weight is 258 g/mol. The fourth-order valence-electron chi connectivity index (χ4n) is 1.70. The lowest BCUT2D eigenvalue weighted by Crippen LogP contribution is -2.12. The molecule has 1 aromatic heterocycles. The molecule has 0 bridgehead atoms. The summed E-state index contributed by atoms with van der Waals surface area (Å²) in [4.78, 5) is 12.7. The lowest BCUT2D eigenvalue weighted by atomic mass is 10.2.